The highest BCUT2D eigenvalue weighted by Gasteiger charge is 2.29. The van der Waals surface area contributed by atoms with Crippen molar-refractivity contribution < 1.29 is 24.3 Å². The largest absolute Gasteiger partial charge is 0.548 e. The lowest BCUT2D eigenvalue weighted by molar-refractivity contribution is -0.310. The lowest BCUT2D eigenvalue weighted by Gasteiger charge is -2.36. The van der Waals surface area contributed by atoms with Crippen LogP contribution in [0.1, 0.15) is 56.4 Å². The Morgan fingerprint density at radius 1 is 1.07 bits per heavy atom. The lowest BCUT2D eigenvalue weighted by Crippen LogP contribution is -2.62. The number of aliphatic carboxylic acids is 1. The molecule has 4 rings (SSSR count). The van der Waals surface area contributed by atoms with Crippen molar-refractivity contribution in [2.45, 2.75) is 70.5 Å². The molecule has 0 radical (unpaired) electrons. The molecule has 1 aliphatic heterocycles. The molecule has 3 atom stereocenters. The number of aromatic nitrogens is 1. The van der Waals surface area contributed by atoms with Crippen LogP contribution in [0.5, 0.6) is 0 Å². The molecule has 226 valence electrons. The zero-order valence-electron chi connectivity index (χ0n) is 24.5. The summed E-state index contributed by atoms with van der Waals surface area (Å²) in [7, 11) is 0. The second-order valence-corrected chi connectivity index (χ2v) is 10.8. The van der Waals surface area contributed by atoms with Crippen LogP contribution >= 0.6 is 0 Å². The van der Waals surface area contributed by atoms with Gasteiger partial charge in [0, 0.05) is 24.5 Å². The SMILES string of the molecule is CCc1ccc2cnc(/C=C/CC(=O)N[C@@H](CCc3ccccc3)C(=O)NC(C)C(=O)N3CCC[C@@H](C(=O)[O-])N3)cc2c1. The van der Waals surface area contributed by atoms with Crippen molar-refractivity contribution in [1.29, 1.82) is 0 Å². The van der Waals surface area contributed by atoms with Gasteiger partial charge in [-0.15, -0.1) is 0 Å². The lowest BCUT2D eigenvalue weighted by atomic mass is 10.0. The van der Waals surface area contributed by atoms with Crippen molar-refractivity contribution in [3.8, 4) is 0 Å². The van der Waals surface area contributed by atoms with Gasteiger partial charge in [0.2, 0.25) is 11.8 Å². The topological polar surface area (TPSA) is 144 Å². The molecule has 10 heteroatoms. The van der Waals surface area contributed by atoms with Gasteiger partial charge in [-0.3, -0.25) is 24.4 Å². The summed E-state index contributed by atoms with van der Waals surface area (Å²) in [4.78, 5) is 54.9. The molecule has 2 aromatic carbocycles. The third kappa shape index (κ3) is 8.96. The summed E-state index contributed by atoms with van der Waals surface area (Å²) < 4.78 is 0. The minimum absolute atomic E-state index is 0.0423. The monoisotopic (exact) mass is 584 g/mol. The van der Waals surface area contributed by atoms with E-state index in [0.29, 0.717) is 32.2 Å². The number of rotatable bonds is 12. The van der Waals surface area contributed by atoms with Gasteiger partial charge in [0.05, 0.1) is 17.7 Å². The summed E-state index contributed by atoms with van der Waals surface area (Å²) in [5.41, 5.74) is 5.63. The summed E-state index contributed by atoms with van der Waals surface area (Å²) in [6.45, 7) is 3.95. The summed E-state index contributed by atoms with van der Waals surface area (Å²) in [6, 6.07) is 15.1. The van der Waals surface area contributed by atoms with Gasteiger partial charge in [-0.05, 0) is 67.7 Å². The first-order valence-electron chi connectivity index (χ1n) is 14.7. The van der Waals surface area contributed by atoms with E-state index >= 15 is 0 Å². The summed E-state index contributed by atoms with van der Waals surface area (Å²) in [5, 5.41) is 20.1. The Bertz CT molecular complexity index is 1480. The van der Waals surface area contributed by atoms with Gasteiger partial charge < -0.3 is 20.5 Å². The average Bonchev–Trinajstić information content (AvgIpc) is 3.02. The van der Waals surface area contributed by atoms with Gasteiger partial charge in [-0.2, -0.15) is 0 Å². The molecule has 43 heavy (non-hydrogen) atoms. The highest BCUT2D eigenvalue weighted by atomic mass is 16.4. The number of hydrogen-bond donors (Lipinski definition) is 3. The van der Waals surface area contributed by atoms with Crippen LogP contribution in [-0.4, -0.2) is 58.4 Å². The molecule has 1 fully saturated rings. The smallest absolute Gasteiger partial charge is 0.258 e. The Balaban J connectivity index is 1.38. The highest BCUT2D eigenvalue weighted by molar-refractivity contribution is 5.92. The van der Waals surface area contributed by atoms with E-state index in [1.807, 2.05) is 42.5 Å². The first-order valence-corrected chi connectivity index (χ1v) is 14.7. The van der Waals surface area contributed by atoms with E-state index in [9.17, 15) is 24.3 Å². The summed E-state index contributed by atoms with van der Waals surface area (Å²) >= 11 is 0. The average molecular weight is 585 g/mol. The Labute approximate surface area is 251 Å². The van der Waals surface area contributed by atoms with E-state index in [0.717, 1.165) is 28.5 Å². The molecular formula is C33H38N5O5-. The van der Waals surface area contributed by atoms with Gasteiger partial charge in [-0.25, -0.2) is 5.43 Å². The minimum Gasteiger partial charge on any atom is -0.548 e. The molecule has 1 saturated heterocycles. The van der Waals surface area contributed by atoms with Crippen molar-refractivity contribution in [3.63, 3.8) is 0 Å². The number of hydrogen-bond acceptors (Lipinski definition) is 7. The van der Waals surface area contributed by atoms with E-state index in [1.165, 1.54) is 17.5 Å². The molecule has 2 heterocycles. The molecule has 0 aliphatic carbocycles. The van der Waals surface area contributed by atoms with Crippen LogP contribution in [0.15, 0.2) is 66.9 Å². The van der Waals surface area contributed by atoms with Crippen molar-refractivity contribution in [1.82, 2.24) is 26.1 Å². The third-order valence-corrected chi connectivity index (χ3v) is 7.49. The number of carbonyl (C=O) groups excluding carboxylic acids is 4. The Hall–Kier alpha value is -4.57. The van der Waals surface area contributed by atoms with Crippen LogP contribution in [0.2, 0.25) is 0 Å². The molecule has 1 aliphatic rings. The van der Waals surface area contributed by atoms with Gasteiger partial charge in [0.1, 0.15) is 12.1 Å². The van der Waals surface area contributed by atoms with Gasteiger partial charge in [0.15, 0.2) is 0 Å². The zero-order valence-corrected chi connectivity index (χ0v) is 24.5. The van der Waals surface area contributed by atoms with Gasteiger partial charge in [0.25, 0.3) is 5.91 Å². The first-order chi connectivity index (χ1) is 20.7. The molecular weight excluding hydrogens is 546 g/mol. The summed E-state index contributed by atoms with van der Waals surface area (Å²) in [6.07, 6.45) is 7.99. The van der Waals surface area contributed by atoms with E-state index < -0.39 is 35.9 Å². The fraction of sp³-hybridized carbons (Fsp3) is 0.364. The number of carboxylic acid groups (broad SMARTS) is 1. The zero-order chi connectivity index (χ0) is 30.8. The molecule has 3 amide bonds. The maximum Gasteiger partial charge on any atom is 0.258 e. The normalized spacial score (nSPS) is 16.5. The first kappa shape index (κ1) is 31.4. The number of fused-ring (bicyclic) bond motifs is 1. The standard InChI is InChI=1S/C33H39N5O5/c1-3-23-14-16-25-21-34-27(20-26(25)19-23)11-7-13-30(39)36-28(17-15-24-9-5-4-6-10-24)31(40)35-22(2)32(41)38-18-8-12-29(37-38)33(42)43/h4-7,9-11,14,16,19-22,28-29,37H,3,8,12-13,15,17-18H2,1-2H3,(H,35,40)(H,36,39)(H,42,43)/p-1/b11-7+/t22?,28-,29-/m0/s1. The number of nitrogens with zero attached hydrogens (tertiary/aromatic N) is 2. The third-order valence-electron chi connectivity index (χ3n) is 7.49. The molecule has 1 aromatic heterocycles. The minimum atomic E-state index is -1.28. The Morgan fingerprint density at radius 2 is 1.86 bits per heavy atom. The quantitative estimate of drug-likeness (QED) is 0.296. The van der Waals surface area contributed by atoms with Crippen LogP contribution in [0, 0.1) is 0 Å². The van der Waals surface area contributed by atoms with Crippen molar-refractivity contribution in [3.05, 3.63) is 83.7 Å². The van der Waals surface area contributed by atoms with Gasteiger partial charge >= 0.3 is 0 Å². The van der Waals surface area contributed by atoms with Crippen LogP contribution < -0.4 is 21.2 Å². The van der Waals surface area contributed by atoms with Crippen LogP contribution in [0.4, 0.5) is 0 Å². The fourth-order valence-electron chi connectivity index (χ4n) is 5.01. The number of carbonyl (C=O) groups is 4. The van der Waals surface area contributed by atoms with Crippen LogP contribution in [0.3, 0.4) is 0 Å². The van der Waals surface area contributed by atoms with Crippen LogP contribution in [0.25, 0.3) is 16.8 Å². The van der Waals surface area contributed by atoms with E-state index in [1.54, 1.807) is 18.3 Å². The number of nitrogens with one attached hydrogen (secondary N) is 3. The molecule has 0 saturated carbocycles. The second-order valence-electron chi connectivity index (χ2n) is 10.8. The van der Waals surface area contributed by atoms with Crippen molar-refractivity contribution >= 4 is 40.5 Å². The number of hydrazine groups is 1. The molecule has 1 unspecified atom stereocenters. The fourth-order valence-corrected chi connectivity index (χ4v) is 5.01. The summed E-state index contributed by atoms with van der Waals surface area (Å²) in [5.74, 6) is -2.59. The molecule has 3 aromatic rings. The number of benzene rings is 2. The maximum absolute atomic E-state index is 13.3. The Kier molecular flexibility index (Phi) is 11.0. The molecule has 0 bridgehead atoms. The molecule has 10 nitrogen and oxygen atoms in total. The van der Waals surface area contributed by atoms with E-state index in [2.05, 4.69) is 40.1 Å². The number of carboxylic acids is 1. The number of pyridine rings is 1. The van der Waals surface area contributed by atoms with Crippen molar-refractivity contribution in [2.24, 2.45) is 0 Å². The molecule has 0 spiro atoms. The maximum atomic E-state index is 13.3. The van der Waals surface area contributed by atoms with Crippen molar-refractivity contribution in [2.75, 3.05) is 6.54 Å². The number of amides is 3. The van der Waals surface area contributed by atoms with E-state index in [-0.39, 0.29) is 12.3 Å². The van der Waals surface area contributed by atoms with Gasteiger partial charge in [-0.1, -0.05) is 61.5 Å². The number of aryl methyl sites for hydroxylation is 2. The predicted molar refractivity (Wildman–Crippen MR) is 162 cm³/mol. The second kappa shape index (κ2) is 15.1. The van der Waals surface area contributed by atoms with E-state index in [4.69, 9.17) is 0 Å². The Morgan fingerprint density at radius 3 is 2.60 bits per heavy atom. The molecule has 3 N–H and O–H groups in total. The van der Waals surface area contributed by atoms with Crippen LogP contribution in [-0.2, 0) is 32.0 Å². The predicted octanol–water partition coefficient (Wildman–Crippen LogP) is 2.07. The highest BCUT2D eigenvalue weighted by Crippen LogP contribution is 2.17.